The van der Waals surface area contributed by atoms with E-state index < -0.39 is 17.9 Å². The lowest BCUT2D eigenvalue weighted by Gasteiger charge is -2.37. The van der Waals surface area contributed by atoms with E-state index in [-0.39, 0.29) is 12.3 Å². The maximum absolute atomic E-state index is 11.8. The Hall–Kier alpha value is -1.07. The van der Waals surface area contributed by atoms with Gasteiger partial charge in [-0.05, 0) is 24.1 Å². The van der Waals surface area contributed by atoms with Crippen molar-refractivity contribution in [2.75, 3.05) is 7.05 Å². The molecule has 1 amide bonds. The number of carbonyl (C=O) groups is 2. The van der Waals surface area contributed by atoms with Gasteiger partial charge in [-0.15, -0.1) is 0 Å². The van der Waals surface area contributed by atoms with Crippen LogP contribution in [-0.4, -0.2) is 28.9 Å². The molecule has 1 saturated heterocycles. The van der Waals surface area contributed by atoms with E-state index in [1.165, 1.54) is 4.90 Å². The first kappa shape index (κ1) is 14.3. The van der Waals surface area contributed by atoms with Crippen molar-refractivity contribution in [2.24, 2.45) is 5.92 Å². The smallest absolute Gasteiger partial charge is 0.308 e. The Morgan fingerprint density at radius 1 is 1.53 bits per heavy atom. The number of carboxylic acid groups (broad SMARTS) is 1. The van der Waals surface area contributed by atoms with E-state index in [0.29, 0.717) is 17.0 Å². The summed E-state index contributed by atoms with van der Waals surface area (Å²) in [6, 6.07) is 4.76. The molecule has 1 aliphatic heterocycles. The molecule has 0 aliphatic carbocycles. The van der Waals surface area contributed by atoms with Gasteiger partial charge in [-0.3, -0.25) is 9.59 Å². The largest absolute Gasteiger partial charge is 0.481 e. The number of aliphatic carboxylic acids is 1. The predicted octanol–water partition coefficient (Wildman–Crippen LogP) is 3.10. The van der Waals surface area contributed by atoms with Crippen molar-refractivity contribution >= 4 is 39.4 Å². The molecule has 2 unspecified atom stereocenters. The number of carbonyl (C=O) groups excluding carboxylic acids is 1. The number of carboxylic acids is 1. The molecule has 1 fully saturated rings. The Bertz CT molecular complexity index is 535. The van der Waals surface area contributed by atoms with Crippen molar-refractivity contribution in [3.63, 3.8) is 0 Å². The summed E-state index contributed by atoms with van der Waals surface area (Å²) in [5, 5.41) is 9.79. The number of hydrogen-bond donors (Lipinski definition) is 1. The number of halogens is 2. The van der Waals surface area contributed by atoms with Crippen LogP contribution >= 0.6 is 27.5 Å². The molecule has 0 radical (unpaired) electrons. The highest BCUT2D eigenvalue weighted by Crippen LogP contribution is 2.39. The van der Waals surface area contributed by atoms with E-state index in [0.717, 1.165) is 4.47 Å². The average Bonchev–Trinajstić information content (AvgIpc) is 2.33. The van der Waals surface area contributed by atoms with Gasteiger partial charge in [-0.25, -0.2) is 0 Å². The van der Waals surface area contributed by atoms with Crippen LogP contribution < -0.4 is 0 Å². The summed E-state index contributed by atoms with van der Waals surface area (Å²) in [5.41, 5.74) is 0.674. The molecule has 4 nitrogen and oxygen atoms in total. The number of likely N-dealkylation sites (tertiary alicyclic amines) is 1. The first-order valence-electron chi connectivity index (χ1n) is 5.85. The molecular formula is C13H13BrClNO3. The van der Waals surface area contributed by atoms with Gasteiger partial charge in [-0.2, -0.15) is 0 Å². The minimum atomic E-state index is -0.900. The van der Waals surface area contributed by atoms with Gasteiger partial charge in [0, 0.05) is 23.0 Å². The topological polar surface area (TPSA) is 57.6 Å². The highest BCUT2D eigenvalue weighted by Gasteiger charge is 2.39. The van der Waals surface area contributed by atoms with Crippen LogP contribution in [0.25, 0.3) is 0 Å². The fraction of sp³-hybridized carbons (Fsp3) is 0.385. The third-order valence-electron chi connectivity index (χ3n) is 3.46. The summed E-state index contributed by atoms with van der Waals surface area (Å²) in [4.78, 5) is 24.7. The quantitative estimate of drug-likeness (QED) is 0.895. The van der Waals surface area contributed by atoms with Crippen LogP contribution in [0.3, 0.4) is 0 Å². The Balaban J connectivity index is 2.46. The van der Waals surface area contributed by atoms with Crippen LogP contribution in [0.4, 0.5) is 0 Å². The zero-order valence-electron chi connectivity index (χ0n) is 10.3. The lowest BCUT2D eigenvalue weighted by atomic mass is 9.84. The van der Waals surface area contributed by atoms with E-state index in [2.05, 4.69) is 15.9 Å². The third-order valence-corrected chi connectivity index (χ3v) is 4.28. The van der Waals surface area contributed by atoms with Gasteiger partial charge >= 0.3 is 5.97 Å². The fourth-order valence-corrected chi connectivity index (χ4v) is 3.25. The van der Waals surface area contributed by atoms with Gasteiger partial charge < -0.3 is 10.0 Å². The maximum Gasteiger partial charge on any atom is 0.308 e. The first-order chi connectivity index (χ1) is 8.91. The van der Waals surface area contributed by atoms with E-state index in [4.69, 9.17) is 11.6 Å². The summed E-state index contributed by atoms with van der Waals surface area (Å²) in [5.74, 6) is -1.58. The van der Waals surface area contributed by atoms with Gasteiger partial charge in [0.1, 0.15) is 0 Å². The number of piperidine rings is 1. The van der Waals surface area contributed by atoms with Crippen LogP contribution in [0.15, 0.2) is 22.7 Å². The highest BCUT2D eigenvalue weighted by molar-refractivity contribution is 9.10. The number of amides is 1. The molecule has 0 spiro atoms. The Kier molecular flexibility index (Phi) is 4.16. The standard InChI is InChI=1S/C13H13BrClNO3/c1-16-11(17)5-4-9(13(18)19)12(16)8-3-2-7(14)6-10(8)15/h2-3,6,9,12H,4-5H2,1H3,(H,18,19). The third kappa shape index (κ3) is 2.77. The van der Waals surface area contributed by atoms with Crippen molar-refractivity contribution in [3.05, 3.63) is 33.3 Å². The normalized spacial score (nSPS) is 23.5. The van der Waals surface area contributed by atoms with Crippen LogP contribution in [0, 0.1) is 5.92 Å². The molecule has 1 aliphatic rings. The number of hydrogen-bond acceptors (Lipinski definition) is 2. The number of benzene rings is 1. The van der Waals surface area contributed by atoms with Gasteiger partial charge in [0.2, 0.25) is 5.91 Å². The molecular weight excluding hydrogens is 334 g/mol. The SMILES string of the molecule is CN1C(=O)CCC(C(=O)O)C1c1ccc(Br)cc1Cl. The molecule has 0 aromatic heterocycles. The Morgan fingerprint density at radius 2 is 2.21 bits per heavy atom. The van der Waals surface area contributed by atoms with Crippen LogP contribution in [0.2, 0.25) is 5.02 Å². The molecule has 1 heterocycles. The molecule has 19 heavy (non-hydrogen) atoms. The second-order valence-electron chi connectivity index (χ2n) is 4.60. The van der Waals surface area contributed by atoms with Gasteiger partial charge in [-0.1, -0.05) is 33.6 Å². The second-order valence-corrected chi connectivity index (χ2v) is 5.92. The monoisotopic (exact) mass is 345 g/mol. The zero-order chi connectivity index (χ0) is 14.2. The van der Waals surface area contributed by atoms with Crippen molar-refractivity contribution < 1.29 is 14.7 Å². The van der Waals surface area contributed by atoms with Crippen LogP contribution in [0.5, 0.6) is 0 Å². The predicted molar refractivity (Wildman–Crippen MR) is 75.0 cm³/mol. The summed E-state index contributed by atoms with van der Waals surface area (Å²) in [6.45, 7) is 0. The first-order valence-corrected chi connectivity index (χ1v) is 7.02. The highest BCUT2D eigenvalue weighted by atomic mass is 79.9. The lowest BCUT2D eigenvalue weighted by Crippen LogP contribution is -2.43. The minimum absolute atomic E-state index is 0.0542. The second kappa shape index (κ2) is 5.51. The fourth-order valence-electron chi connectivity index (χ4n) is 2.46. The van der Waals surface area contributed by atoms with E-state index in [1.54, 1.807) is 25.2 Å². The molecule has 1 aromatic carbocycles. The average molecular weight is 347 g/mol. The van der Waals surface area contributed by atoms with Gasteiger partial charge in [0.05, 0.1) is 12.0 Å². The van der Waals surface area contributed by atoms with E-state index >= 15 is 0 Å². The molecule has 6 heteroatoms. The van der Waals surface area contributed by atoms with E-state index in [9.17, 15) is 14.7 Å². The Morgan fingerprint density at radius 3 is 2.79 bits per heavy atom. The van der Waals surface area contributed by atoms with Crippen molar-refractivity contribution in [2.45, 2.75) is 18.9 Å². The van der Waals surface area contributed by atoms with Gasteiger partial charge in [0.15, 0.2) is 0 Å². The minimum Gasteiger partial charge on any atom is -0.481 e. The molecule has 0 bridgehead atoms. The van der Waals surface area contributed by atoms with Gasteiger partial charge in [0.25, 0.3) is 0 Å². The summed E-state index contributed by atoms with van der Waals surface area (Å²) in [6.07, 6.45) is 0.605. The Labute approximate surface area is 124 Å². The number of rotatable bonds is 2. The molecule has 2 rings (SSSR count). The van der Waals surface area contributed by atoms with Crippen molar-refractivity contribution in [1.29, 1.82) is 0 Å². The molecule has 2 atom stereocenters. The van der Waals surface area contributed by atoms with Crippen molar-refractivity contribution in [1.82, 2.24) is 4.90 Å². The number of nitrogens with zero attached hydrogens (tertiary/aromatic N) is 1. The molecule has 102 valence electrons. The van der Waals surface area contributed by atoms with Crippen molar-refractivity contribution in [3.8, 4) is 0 Å². The molecule has 0 saturated carbocycles. The van der Waals surface area contributed by atoms with Crippen LogP contribution in [0.1, 0.15) is 24.4 Å². The maximum atomic E-state index is 11.8. The lowest BCUT2D eigenvalue weighted by molar-refractivity contribution is -0.150. The van der Waals surface area contributed by atoms with Crippen LogP contribution in [-0.2, 0) is 9.59 Å². The molecule has 1 N–H and O–H groups in total. The van der Waals surface area contributed by atoms with E-state index in [1.807, 2.05) is 0 Å². The molecule has 1 aromatic rings. The summed E-state index contributed by atoms with van der Waals surface area (Å²) in [7, 11) is 1.63. The summed E-state index contributed by atoms with van der Waals surface area (Å²) >= 11 is 9.49. The zero-order valence-corrected chi connectivity index (χ0v) is 12.6. The summed E-state index contributed by atoms with van der Waals surface area (Å²) < 4.78 is 0.818.